The van der Waals surface area contributed by atoms with Crippen LogP contribution in [0.4, 0.5) is 5.69 Å². The Kier molecular flexibility index (Phi) is 5.10. The highest BCUT2D eigenvalue weighted by Gasteiger charge is 2.11. The molecular weight excluding hydrogens is 382 g/mol. The van der Waals surface area contributed by atoms with E-state index in [2.05, 4.69) is 15.6 Å². The molecule has 0 unspecified atom stereocenters. The maximum absolute atomic E-state index is 12.5. The maximum atomic E-state index is 12.5. The van der Waals surface area contributed by atoms with Crippen LogP contribution >= 0.6 is 12.2 Å². The molecule has 0 bridgehead atoms. The second-order valence-corrected chi connectivity index (χ2v) is 7.26. The highest BCUT2D eigenvalue weighted by molar-refractivity contribution is 7.80. The first kappa shape index (κ1) is 18.8. The minimum Gasteiger partial charge on any atom is -0.436 e. The van der Waals surface area contributed by atoms with Crippen LogP contribution in [0.15, 0.2) is 71.1 Å². The van der Waals surface area contributed by atoms with Crippen molar-refractivity contribution in [1.29, 1.82) is 0 Å². The molecule has 4 rings (SSSR count). The van der Waals surface area contributed by atoms with Crippen molar-refractivity contribution in [3.05, 3.63) is 83.4 Å². The second-order valence-electron chi connectivity index (χ2n) is 6.85. The zero-order valence-electron chi connectivity index (χ0n) is 16.0. The van der Waals surface area contributed by atoms with Gasteiger partial charge in [0.15, 0.2) is 10.7 Å². The Morgan fingerprint density at radius 3 is 2.41 bits per heavy atom. The Labute approximate surface area is 173 Å². The summed E-state index contributed by atoms with van der Waals surface area (Å²) in [6, 6.07) is 20.9. The number of carbonyl (C=O) groups excluding carboxylic acids is 1. The summed E-state index contributed by atoms with van der Waals surface area (Å²) >= 11 is 5.30. The number of hydrogen-bond acceptors (Lipinski definition) is 4. The van der Waals surface area contributed by atoms with Gasteiger partial charge in [-0.3, -0.25) is 10.1 Å². The molecule has 0 aliphatic rings. The molecule has 1 aromatic heterocycles. The van der Waals surface area contributed by atoms with E-state index >= 15 is 0 Å². The lowest BCUT2D eigenvalue weighted by Crippen LogP contribution is -2.34. The fraction of sp³-hybridized carbons (Fsp3) is 0.0870. The van der Waals surface area contributed by atoms with Gasteiger partial charge in [0.2, 0.25) is 5.89 Å². The quantitative estimate of drug-likeness (QED) is 0.460. The number of carbonyl (C=O) groups is 1. The molecule has 29 heavy (non-hydrogen) atoms. The Bertz CT molecular complexity index is 1200. The van der Waals surface area contributed by atoms with Gasteiger partial charge in [-0.25, -0.2) is 4.98 Å². The van der Waals surface area contributed by atoms with Crippen LogP contribution in [0.3, 0.4) is 0 Å². The summed E-state index contributed by atoms with van der Waals surface area (Å²) in [6.07, 6.45) is 0. The van der Waals surface area contributed by atoms with Crippen LogP contribution in [0.5, 0.6) is 0 Å². The monoisotopic (exact) mass is 401 g/mol. The van der Waals surface area contributed by atoms with E-state index in [1.165, 1.54) is 0 Å². The van der Waals surface area contributed by atoms with Crippen molar-refractivity contribution in [3.8, 4) is 11.5 Å². The molecule has 0 spiro atoms. The zero-order valence-corrected chi connectivity index (χ0v) is 16.8. The van der Waals surface area contributed by atoms with Crippen molar-refractivity contribution >= 4 is 40.0 Å². The lowest BCUT2D eigenvalue weighted by Gasteiger charge is -2.10. The minimum atomic E-state index is -0.247. The Balaban J connectivity index is 1.48. The van der Waals surface area contributed by atoms with E-state index in [0.717, 1.165) is 22.4 Å². The molecule has 0 atom stereocenters. The number of thiocarbonyl (C=S) groups is 1. The van der Waals surface area contributed by atoms with Gasteiger partial charge in [0.1, 0.15) is 5.52 Å². The van der Waals surface area contributed by atoms with Crippen LogP contribution in [-0.2, 0) is 0 Å². The summed E-state index contributed by atoms with van der Waals surface area (Å²) in [4.78, 5) is 17.0. The molecule has 5 nitrogen and oxygen atoms in total. The molecular formula is C23H19N3O2S. The number of aryl methyl sites for hydroxylation is 2. The summed E-state index contributed by atoms with van der Waals surface area (Å²) in [5.74, 6) is 0.312. The van der Waals surface area contributed by atoms with Gasteiger partial charge in [0.25, 0.3) is 5.91 Å². The predicted molar refractivity (Wildman–Crippen MR) is 119 cm³/mol. The summed E-state index contributed by atoms with van der Waals surface area (Å²) in [7, 11) is 0. The number of nitrogens with zero attached hydrogens (tertiary/aromatic N) is 1. The van der Waals surface area contributed by atoms with Gasteiger partial charge in [-0.2, -0.15) is 0 Å². The fourth-order valence-electron chi connectivity index (χ4n) is 3.15. The second kappa shape index (κ2) is 7.85. The molecule has 1 amide bonds. The van der Waals surface area contributed by atoms with Gasteiger partial charge in [-0.15, -0.1) is 0 Å². The summed E-state index contributed by atoms with van der Waals surface area (Å²) in [5.41, 5.74) is 5.65. The van der Waals surface area contributed by atoms with E-state index < -0.39 is 0 Å². The van der Waals surface area contributed by atoms with Crippen molar-refractivity contribution in [1.82, 2.24) is 10.3 Å². The van der Waals surface area contributed by atoms with Gasteiger partial charge in [-0.05, 0) is 68.5 Å². The summed E-state index contributed by atoms with van der Waals surface area (Å²) in [5, 5.41) is 5.97. The maximum Gasteiger partial charge on any atom is 0.257 e. The molecule has 144 valence electrons. The van der Waals surface area contributed by atoms with E-state index in [0.29, 0.717) is 22.6 Å². The van der Waals surface area contributed by atoms with Gasteiger partial charge in [0.05, 0.1) is 0 Å². The molecule has 1 heterocycles. The number of benzene rings is 3. The van der Waals surface area contributed by atoms with E-state index in [9.17, 15) is 4.79 Å². The van der Waals surface area contributed by atoms with E-state index in [1.54, 1.807) is 0 Å². The Hall–Kier alpha value is -3.51. The molecule has 0 saturated heterocycles. The van der Waals surface area contributed by atoms with Crippen LogP contribution in [-0.4, -0.2) is 16.0 Å². The third-order valence-electron chi connectivity index (χ3n) is 4.38. The number of hydrogen-bond donors (Lipinski definition) is 2. The van der Waals surface area contributed by atoms with E-state index in [1.807, 2.05) is 80.6 Å². The lowest BCUT2D eigenvalue weighted by molar-refractivity contribution is 0.0977. The smallest absolute Gasteiger partial charge is 0.257 e. The van der Waals surface area contributed by atoms with Crippen LogP contribution in [0.2, 0.25) is 0 Å². The van der Waals surface area contributed by atoms with Crippen LogP contribution in [0, 0.1) is 13.8 Å². The molecule has 0 saturated carbocycles. The number of rotatable bonds is 3. The number of anilines is 1. The lowest BCUT2D eigenvalue weighted by atomic mass is 10.1. The summed E-state index contributed by atoms with van der Waals surface area (Å²) in [6.45, 7) is 3.91. The van der Waals surface area contributed by atoms with Crippen LogP contribution < -0.4 is 10.6 Å². The molecule has 0 aliphatic carbocycles. The van der Waals surface area contributed by atoms with Crippen molar-refractivity contribution in [3.63, 3.8) is 0 Å². The van der Waals surface area contributed by atoms with E-state index in [-0.39, 0.29) is 11.0 Å². The summed E-state index contributed by atoms with van der Waals surface area (Å²) < 4.78 is 5.82. The van der Waals surface area contributed by atoms with Crippen LogP contribution in [0.1, 0.15) is 21.5 Å². The Morgan fingerprint density at radius 1 is 0.966 bits per heavy atom. The molecule has 2 N–H and O–H groups in total. The van der Waals surface area contributed by atoms with E-state index in [4.69, 9.17) is 16.6 Å². The highest BCUT2D eigenvalue weighted by atomic mass is 32.1. The molecule has 3 aromatic carbocycles. The first-order valence-electron chi connectivity index (χ1n) is 9.14. The number of fused-ring (bicyclic) bond motifs is 1. The molecule has 0 fully saturated rings. The largest absolute Gasteiger partial charge is 0.436 e. The van der Waals surface area contributed by atoms with Crippen molar-refractivity contribution in [2.45, 2.75) is 13.8 Å². The zero-order chi connectivity index (χ0) is 20.4. The number of oxazole rings is 1. The van der Waals surface area contributed by atoms with Gasteiger partial charge in [0, 0.05) is 16.8 Å². The Morgan fingerprint density at radius 2 is 1.69 bits per heavy atom. The standard InChI is InChI=1S/C23H19N3O2S/c1-14-10-15(2)12-17(11-14)21(27)26-23(29)24-18-8-9-20-19(13-18)25-22(28-20)16-6-4-3-5-7-16/h3-13H,1-2H3,(H2,24,26,27,29). The average molecular weight is 401 g/mol. The third-order valence-corrected chi connectivity index (χ3v) is 4.58. The fourth-order valence-corrected chi connectivity index (χ4v) is 3.36. The first-order chi connectivity index (χ1) is 14.0. The van der Waals surface area contributed by atoms with Crippen molar-refractivity contribution in [2.75, 3.05) is 5.32 Å². The average Bonchev–Trinajstić information content (AvgIpc) is 3.11. The minimum absolute atomic E-state index is 0.222. The number of amides is 1. The topological polar surface area (TPSA) is 67.2 Å². The molecule has 6 heteroatoms. The molecule has 0 aliphatic heterocycles. The third kappa shape index (κ3) is 4.33. The van der Waals surface area contributed by atoms with Crippen molar-refractivity contribution < 1.29 is 9.21 Å². The first-order valence-corrected chi connectivity index (χ1v) is 9.55. The number of nitrogens with one attached hydrogen (secondary N) is 2. The number of aromatic nitrogens is 1. The van der Waals surface area contributed by atoms with Crippen molar-refractivity contribution in [2.24, 2.45) is 0 Å². The van der Waals surface area contributed by atoms with Gasteiger partial charge >= 0.3 is 0 Å². The predicted octanol–water partition coefficient (Wildman–Crippen LogP) is 5.24. The van der Waals surface area contributed by atoms with Crippen LogP contribution in [0.25, 0.3) is 22.6 Å². The van der Waals surface area contributed by atoms with Gasteiger partial charge < -0.3 is 9.73 Å². The molecule has 4 aromatic rings. The van der Waals surface area contributed by atoms with Gasteiger partial charge in [-0.1, -0.05) is 35.4 Å². The normalized spacial score (nSPS) is 10.7. The highest BCUT2D eigenvalue weighted by Crippen LogP contribution is 2.26. The molecule has 0 radical (unpaired) electrons. The SMILES string of the molecule is Cc1cc(C)cc(C(=O)NC(=S)Nc2ccc3oc(-c4ccccc4)nc3c2)c1.